The highest BCUT2D eigenvalue weighted by atomic mass is 35.5. The average Bonchev–Trinajstić information content (AvgIpc) is 2.90. The summed E-state index contributed by atoms with van der Waals surface area (Å²) >= 11 is 6.98. The molecule has 6 nitrogen and oxygen atoms in total. The molecule has 192 valence electrons. The summed E-state index contributed by atoms with van der Waals surface area (Å²) in [6, 6.07) is 19.9. The van der Waals surface area contributed by atoms with Crippen LogP contribution in [-0.2, 0) is 9.59 Å². The number of carbonyl (C=O) groups is 2. The zero-order valence-corrected chi connectivity index (χ0v) is 21.6. The molecule has 0 aliphatic carbocycles. The topological polar surface area (TPSA) is 94.0 Å². The first-order chi connectivity index (χ1) is 18.3. The van der Waals surface area contributed by atoms with Gasteiger partial charge in [-0.1, -0.05) is 41.6 Å². The van der Waals surface area contributed by atoms with Gasteiger partial charge in [0.05, 0.1) is 28.3 Å². The Morgan fingerprint density at radius 2 is 1.63 bits per heavy atom. The van der Waals surface area contributed by atoms with Gasteiger partial charge in [0.1, 0.15) is 11.6 Å². The normalized spacial score (nSPS) is 15.0. The minimum absolute atomic E-state index is 0.0888. The van der Waals surface area contributed by atoms with E-state index >= 15 is 4.39 Å². The quantitative estimate of drug-likeness (QED) is 0.320. The maximum atomic E-state index is 15.0. The molecular formula is C28H21ClF2N4O2S. The van der Waals surface area contributed by atoms with Crippen LogP contribution in [-0.4, -0.2) is 17.6 Å². The van der Waals surface area contributed by atoms with Gasteiger partial charge in [-0.05, 0) is 61.5 Å². The van der Waals surface area contributed by atoms with E-state index in [9.17, 15) is 19.2 Å². The van der Waals surface area contributed by atoms with Crippen molar-refractivity contribution >= 4 is 46.6 Å². The molecule has 2 amide bonds. The summed E-state index contributed by atoms with van der Waals surface area (Å²) in [5, 5.41) is 19.5. The zero-order chi connectivity index (χ0) is 27.2. The number of nitrogens with one attached hydrogen (secondary N) is 3. The number of rotatable bonds is 7. The van der Waals surface area contributed by atoms with Gasteiger partial charge < -0.3 is 16.0 Å². The van der Waals surface area contributed by atoms with Crippen molar-refractivity contribution in [3.63, 3.8) is 0 Å². The number of allylic oxidation sites excluding steroid dienone is 2. The number of anilines is 2. The lowest BCUT2D eigenvalue weighted by Gasteiger charge is -2.30. The standard InChI is InChI=1S/C28H21ClF2N4O2S/c1-16-25(27(37)35-20-10-6-17(29)7-11-20)26(21-4-2-3-5-23(21)31)22(14-32)28(33-16)38-15-24(36)34-19-12-8-18(30)9-13-19/h2-13,26,33H,15H2,1H3,(H,34,36)(H,35,37)/t26-/m0/s1. The molecule has 0 fully saturated rings. The van der Waals surface area contributed by atoms with Gasteiger partial charge in [0, 0.05) is 33.2 Å². The second-order valence-electron chi connectivity index (χ2n) is 8.28. The second kappa shape index (κ2) is 11.9. The molecule has 3 aromatic rings. The molecule has 0 unspecified atom stereocenters. The molecule has 0 spiro atoms. The van der Waals surface area contributed by atoms with E-state index in [2.05, 4.69) is 22.0 Å². The van der Waals surface area contributed by atoms with Crippen molar-refractivity contribution in [2.45, 2.75) is 12.8 Å². The van der Waals surface area contributed by atoms with E-state index in [1.54, 1.807) is 37.3 Å². The lowest BCUT2D eigenvalue weighted by atomic mass is 9.82. The highest BCUT2D eigenvalue weighted by molar-refractivity contribution is 8.03. The molecule has 3 aromatic carbocycles. The van der Waals surface area contributed by atoms with Crippen LogP contribution in [0, 0.1) is 23.0 Å². The highest BCUT2D eigenvalue weighted by Gasteiger charge is 2.36. The lowest BCUT2D eigenvalue weighted by molar-refractivity contribution is -0.114. The number of hydrogen-bond acceptors (Lipinski definition) is 5. The van der Waals surface area contributed by atoms with E-state index in [1.165, 1.54) is 42.5 Å². The van der Waals surface area contributed by atoms with Gasteiger partial charge in [0.2, 0.25) is 5.91 Å². The van der Waals surface area contributed by atoms with Gasteiger partial charge in [-0.15, -0.1) is 0 Å². The lowest BCUT2D eigenvalue weighted by Crippen LogP contribution is -2.31. The van der Waals surface area contributed by atoms with E-state index < -0.39 is 23.5 Å². The molecule has 0 bridgehead atoms. The summed E-state index contributed by atoms with van der Waals surface area (Å²) in [7, 11) is 0. The van der Waals surface area contributed by atoms with Gasteiger partial charge in [-0.25, -0.2) is 8.78 Å². The Kier molecular flexibility index (Phi) is 8.46. The zero-order valence-electron chi connectivity index (χ0n) is 20.0. The van der Waals surface area contributed by atoms with Crippen LogP contribution in [0.1, 0.15) is 18.4 Å². The fraction of sp³-hybridized carbons (Fsp3) is 0.107. The van der Waals surface area contributed by atoms with Crippen molar-refractivity contribution < 1.29 is 18.4 Å². The Morgan fingerprint density at radius 1 is 1.00 bits per heavy atom. The van der Waals surface area contributed by atoms with Crippen molar-refractivity contribution in [2.75, 3.05) is 16.4 Å². The van der Waals surface area contributed by atoms with Crippen LogP contribution < -0.4 is 16.0 Å². The molecule has 1 aliphatic heterocycles. The number of nitriles is 1. The van der Waals surface area contributed by atoms with E-state index in [1.807, 2.05) is 0 Å². The van der Waals surface area contributed by atoms with Gasteiger partial charge in [0.15, 0.2) is 0 Å². The molecule has 0 saturated heterocycles. The van der Waals surface area contributed by atoms with Crippen molar-refractivity contribution in [3.05, 3.63) is 117 Å². The minimum atomic E-state index is -1.02. The van der Waals surface area contributed by atoms with E-state index in [-0.39, 0.29) is 28.4 Å². The second-order valence-corrected chi connectivity index (χ2v) is 9.70. The molecule has 0 radical (unpaired) electrons. The SMILES string of the molecule is CC1=C(C(=O)Nc2ccc(Cl)cc2)[C@@H](c2ccccc2F)C(C#N)=C(SCC(=O)Nc2ccc(F)cc2)N1. The van der Waals surface area contributed by atoms with Gasteiger partial charge >= 0.3 is 0 Å². The predicted octanol–water partition coefficient (Wildman–Crippen LogP) is 6.32. The van der Waals surface area contributed by atoms with Crippen molar-refractivity contribution in [3.8, 4) is 6.07 Å². The van der Waals surface area contributed by atoms with E-state index in [0.29, 0.717) is 27.1 Å². The molecule has 1 aliphatic rings. The predicted molar refractivity (Wildman–Crippen MR) is 145 cm³/mol. The maximum absolute atomic E-state index is 15.0. The maximum Gasteiger partial charge on any atom is 0.254 e. The number of thioether (sulfide) groups is 1. The molecular weight excluding hydrogens is 530 g/mol. The molecule has 0 saturated carbocycles. The summed E-state index contributed by atoms with van der Waals surface area (Å²) in [4.78, 5) is 25.9. The molecule has 3 N–H and O–H groups in total. The van der Waals surface area contributed by atoms with Crippen molar-refractivity contribution in [2.24, 2.45) is 0 Å². The largest absolute Gasteiger partial charge is 0.353 e. The number of benzene rings is 3. The number of halogens is 3. The monoisotopic (exact) mass is 550 g/mol. The summed E-state index contributed by atoms with van der Waals surface area (Å²) in [5.41, 5.74) is 1.73. The summed E-state index contributed by atoms with van der Waals surface area (Å²) in [6.07, 6.45) is 0. The van der Waals surface area contributed by atoms with Gasteiger partial charge in [-0.3, -0.25) is 9.59 Å². The van der Waals surface area contributed by atoms with Crippen LogP contribution in [0.15, 0.2) is 94.7 Å². The molecule has 0 aromatic heterocycles. The number of carbonyl (C=O) groups excluding carboxylic acids is 2. The Labute approximate surface area is 227 Å². The van der Waals surface area contributed by atoms with Crippen LogP contribution in [0.3, 0.4) is 0 Å². The molecule has 1 heterocycles. The minimum Gasteiger partial charge on any atom is -0.353 e. The molecule has 1 atom stereocenters. The summed E-state index contributed by atoms with van der Waals surface area (Å²) < 4.78 is 28.2. The third-order valence-electron chi connectivity index (χ3n) is 5.69. The number of dihydropyridines is 1. The molecule has 4 rings (SSSR count). The van der Waals surface area contributed by atoms with Gasteiger partial charge in [-0.2, -0.15) is 5.26 Å². The first-order valence-electron chi connectivity index (χ1n) is 11.4. The number of hydrogen-bond donors (Lipinski definition) is 3. The average molecular weight is 551 g/mol. The van der Waals surface area contributed by atoms with E-state index in [0.717, 1.165) is 11.8 Å². The first-order valence-corrected chi connectivity index (χ1v) is 12.7. The van der Waals surface area contributed by atoms with Crippen LogP contribution >= 0.6 is 23.4 Å². The van der Waals surface area contributed by atoms with E-state index in [4.69, 9.17) is 11.6 Å². The van der Waals surface area contributed by atoms with Crippen molar-refractivity contribution in [1.29, 1.82) is 5.26 Å². The molecule has 10 heteroatoms. The highest BCUT2D eigenvalue weighted by Crippen LogP contribution is 2.41. The Bertz CT molecular complexity index is 1480. The third-order valence-corrected chi connectivity index (χ3v) is 6.96. The Hall–Kier alpha value is -4.13. The fourth-order valence-electron chi connectivity index (χ4n) is 3.95. The van der Waals surface area contributed by atoms with Crippen LogP contribution in [0.5, 0.6) is 0 Å². The first kappa shape index (κ1) is 26.9. The third kappa shape index (κ3) is 6.22. The van der Waals surface area contributed by atoms with Gasteiger partial charge in [0.25, 0.3) is 5.91 Å². The van der Waals surface area contributed by atoms with Crippen LogP contribution in [0.2, 0.25) is 5.02 Å². The Morgan fingerprint density at radius 3 is 2.29 bits per heavy atom. The Balaban J connectivity index is 1.63. The molecule has 38 heavy (non-hydrogen) atoms. The summed E-state index contributed by atoms with van der Waals surface area (Å²) in [6.45, 7) is 1.65. The fourth-order valence-corrected chi connectivity index (χ4v) is 4.97. The van der Waals surface area contributed by atoms with Crippen LogP contribution in [0.4, 0.5) is 20.2 Å². The number of amides is 2. The summed E-state index contributed by atoms with van der Waals surface area (Å²) in [5.74, 6) is -3.01. The smallest absolute Gasteiger partial charge is 0.254 e. The number of nitrogens with zero attached hydrogens (tertiary/aromatic N) is 1. The van der Waals surface area contributed by atoms with Crippen LogP contribution in [0.25, 0.3) is 0 Å². The van der Waals surface area contributed by atoms with Crippen molar-refractivity contribution in [1.82, 2.24) is 5.32 Å².